The zero-order valence-corrected chi connectivity index (χ0v) is 15.1. The van der Waals surface area contributed by atoms with E-state index in [1.807, 2.05) is 11.8 Å². The average Bonchev–Trinajstić information content (AvgIpc) is 3.01. The molecule has 1 aromatic heterocycles. The lowest BCUT2D eigenvalue weighted by atomic mass is 10.1. The molecule has 0 aliphatic carbocycles. The fraction of sp³-hybridized carbons (Fsp3) is 0.300. The minimum Gasteiger partial charge on any atom is -0.368 e. The van der Waals surface area contributed by atoms with Crippen LogP contribution in [0.15, 0.2) is 58.5 Å². The van der Waals surface area contributed by atoms with Crippen molar-refractivity contribution in [3.05, 3.63) is 54.2 Å². The smallest absolute Gasteiger partial charge is 0.0508 e. The van der Waals surface area contributed by atoms with Crippen LogP contribution in [0.3, 0.4) is 0 Å². The Labute approximate surface area is 147 Å². The Balaban J connectivity index is 1.67. The normalized spacial score (nSPS) is 16.0. The van der Waals surface area contributed by atoms with Crippen molar-refractivity contribution in [1.82, 2.24) is 9.88 Å². The number of anilines is 1. The second kappa shape index (κ2) is 6.54. The van der Waals surface area contributed by atoms with Crippen LogP contribution in [0.2, 0.25) is 0 Å². The van der Waals surface area contributed by atoms with Gasteiger partial charge in [-0.1, -0.05) is 36.0 Å². The van der Waals surface area contributed by atoms with Gasteiger partial charge in [0, 0.05) is 53.1 Å². The molecule has 0 saturated carbocycles. The standard InChI is InChI=1S/C20H23N3S/c1-15-6-5-7-16-20(15)19(14-21-16)24-18-9-4-3-8-17(18)23-12-10-22(2)11-13-23/h3-9,14,21H,10-13H2,1-2H3. The number of hydrogen-bond donors (Lipinski definition) is 1. The number of likely N-dealkylation sites (N-methyl/N-ethyl adjacent to an activating group) is 1. The molecule has 0 radical (unpaired) electrons. The molecule has 0 amide bonds. The fourth-order valence-corrected chi connectivity index (χ4v) is 4.56. The van der Waals surface area contributed by atoms with Crippen molar-refractivity contribution in [2.75, 3.05) is 38.1 Å². The lowest BCUT2D eigenvalue weighted by Crippen LogP contribution is -2.44. The molecule has 1 aliphatic heterocycles. The number of benzene rings is 2. The van der Waals surface area contributed by atoms with Crippen molar-refractivity contribution in [2.45, 2.75) is 16.7 Å². The van der Waals surface area contributed by atoms with E-state index in [0.29, 0.717) is 0 Å². The molecule has 1 fully saturated rings. The molecule has 2 heterocycles. The Morgan fingerprint density at radius 2 is 1.71 bits per heavy atom. The van der Waals surface area contributed by atoms with Crippen LogP contribution in [0.4, 0.5) is 5.69 Å². The topological polar surface area (TPSA) is 22.3 Å². The van der Waals surface area contributed by atoms with Crippen LogP contribution in [0, 0.1) is 6.92 Å². The van der Waals surface area contributed by atoms with Crippen molar-refractivity contribution in [3.8, 4) is 0 Å². The first-order chi connectivity index (χ1) is 11.7. The molecular weight excluding hydrogens is 314 g/mol. The minimum absolute atomic E-state index is 1.10. The molecule has 0 atom stereocenters. The number of H-pyrrole nitrogens is 1. The number of aryl methyl sites for hydroxylation is 1. The molecular formula is C20H23N3S. The summed E-state index contributed by atoms with van der Waals surface area (Å²) in [5, 5.41) is 1.34. The maximum Gasteiger partial charge on any atom is 0.0508 e. The molecule has 4 heteroatoms. The number of aromatic nitrogens is 1. The molecule has 1 saturated heterocycles. The largest absolute Gasteiger partial charge is 0.368 e. The van der Waals surface area contributed by atoms with Gasteiger partial charge in [0.25, 0.3) is 0 Å². The van der Waals surface area contributed by atoms with E-state index in [1.54, 1.807) is 0 Å². The maximum absolute atomic E-state index is 3.41. The first kappa shape index (κ1) is 15.6. The maximum atomic E-state index is 3.41. The van der Waals surface area contributed by atoms with Gasteiger partial charge in [-0.25, -0.2) is 0 Å². The van der Waals surface area contributed by atoms with Gasteiger partial charge in [0.1, 0.15) is 0 Å². The number of aromatic amines is 1. The highest BCUT2D eigenvalue weighted by atomic mass is 32.2. The Morgan fingerprint density at radius 3 is 2.54 bits per heavy atom. The fourth-order valence-electron chi connectivity index (χ4n) is 3.38. The summed E-state index contributed by atoms with van der Waals surface area (Å²) in [5.41, 5.74) is 3.90. The second-order valence-electron chi connectivity index (χ2n) is 6.51. The number of piperazine rings is 1. The van der Waals surface area contributed by atoms with Crippen LogP contribution >= 0.6 is 11.8 Å². The van der Waals surface area contributed by atoms with Crippen molar-refractivity contribution in [3.63, 3.8) is 0 Å². The summed E-state index contributed by atoms with van der Waals surface area (Å²) in [6.07, 6.45) is 2.14. The van der Waals surface area contributed by atoms with E-state index in [1.165, 1.54) is 31.9 Å². The first-order valence-corrected chi connectivity index (χ1v) is 9.31. The quantitative estimate of drug-likeness (QED) is 0.767. The Kier molecular flexibility index (Phi) is 4.25. The molecule has 4 rings (SSSR count). The van der Waals surface area contributed by atoms with E-state index in [2.05, 4.69) is 77.4 Å². The van der Waals surface area contributed by atoms with Crippen molar-refractivity contribution < 1.29 is 0 Å². The molecule has 0 unspecified atom stereocenters. The molecule has 3 nitrogen and oxygen atoms in total. The lowest BCUT2D eigenvalue weighted by molar-refractivity contribution is 0.312. The second-order valence-corrected chi connectivity index (χ2v) is 7.59. The molecule has 1 aliphatic rings. The summed E-state index contributed by atoms with van der Waals surface area (Å²) >= 11 is 1.87. The highest BCUT2D eigenvalue weighted by molar-refractivity contribution is 7.99. The van der Waals surface area contributed by atoms with E-state index >= 15 is 0 Å². The van der Waals surface area contributed by atoms with E-state index in [-0.39, 0.29) is 0 Å². The number of rotatable bonds is 3. The highest BCUT2D eigenvalue weighted by Gasteiger charge is 2.18. The van der Waals surface area contributed by atoms with Gasteiger partial charge in [-0.3, -0.25) is 0 Å². The SMILES string of the molecule is Cc1cccc2[nH]cc(Sc3ccccc3N3CCN(C)CC3)c12. The number of para-hydroxylation sites is 1. The zero-order chi connectivity index (χ0) is 16.5. The third kappa shape index (κ3) is 2.92. The predicted octanol–water partition coefficient (Wildman–Crippen LogP) is 4.38. The number of hydrogen-bond acceptors (Lipinski definition) is 3. The van der Waals surface area contributed by atoms with Crippen LogP contribution in [-0.4, -0.2) is 43.1 Å². The number of fused-ring (bicyclic) bond motifs is 1. The summed E-state index contributed by atoms with van der Waals surface area (Å²) in [5.74, 6) is 0. The van der Waals surface area contributed by atoms with Crippen LogP contribution in [0.25, 0.3) is 10.9 Å². The van der Waals surface area contributed by atoms with Gasteiger partial charge >= 0.3 is 0 Å². The van der Waals surface area contributed by atoms with Gasteiger partial charge in [0.15, 0.2) is 0 Å². The average molecular weight is 337 g/mol. The molecule has 0 spiro atoms. The zero-order valence-electron chi connectivity index (χ0n) is 14.2. The van der Waals surface area contributed by atoms with Crippen LogP contribution in [-0.2, 0) is 0 Å². The first-order valence-electron chi connectivity index (χ1n) is 8.49. The predicted molar refractivity (Wildman–Crippen MR) is 103 cm³/mol. The molecule has 2 aromatic carbocycles. The van der Waals surface area contributed by atoms with E-state index < -0.39 is 0 Å². The molecule has 3 aromatic rings. The van der Waals surface area contributed by atoms with Gasteiger partial charge in [0.05, 0.1) is 5.69 Å². The van der Waals surface area contributed by atoms with Gasteiger partial charge < -0.3 is 14.8 Å². The molecule has 0 bridgehead atoms. The third-order valence-electron chi connectivity index (χ3n) is 4.81. The van der Waals surface area contributed by atoms with Gasteiger partial charge in [-0.2, -0.15) is 0 Å². The minimum atomic E-state index is 1.10. The van der Waals surface area contributed by atoms with Crippen molar-refractivity contribution in [2.24, 2.45) is 0 Å². The van der Waals surface area contributed by atoms with Gasteiger partial charge in [-0.05, 0) is 37.7 Å². The van der Waals surface area contributed by atoms with Crippen molar-refractivity contribution in [1.29, 1.82) is 0 Å². The third-order valence-corrected chi connectivity index (χ3v) is 5.91. The van der Waals surface area contributed by atoms with Crippen LogP contribution < -0.4 is 4.90 Å². The Hall–Kier alpha value is -1.91. The van der Waals surface area contributed by atoms with E-state index in [4.69, 9.17) is 0 Å². The summed E-state index contributed by atoms with van der Waals surface area (Å²) in [7, 11) is 2.20. The number of nitrogens with one attached hydrogen (secondary N) is 1. The van der Waals surface area contributed by atoms with E-state index in [0.717, 1.165) is 26.2 Å². The summed E-state index contributed by atoms with van der Waals surface area (Å²) in [6, 6.07) is 15.2. The summed E-state index contributed by atoms with van der Waals surface area (Å²) < 4.78 is 0. The summed E-state index contributed by atoms with van der Waals surface area (Å²) in [6.45, 7) is 6.64. The highest BCUT2D eigenvalue weighted by Crippen LogP contribution is 2.39. The van der Waals surface area contributed by atoms with Gasteiger partial charge in [-0.15, -0.1) is 0 Å². The summed E-state index contributed by atoms with van der Waals surface area (Å²) in [4.78, 5) is 11.0. The Morgan fingerprint density at radius 1 is 0.917 bits per heavy atom. The van der Waals surface area contributed by atoms with Gasteiger partial charge in [0.2, 0.25) is 0 Å². The molecule has 24 heavy (non-hydrogen) atoms. The van der Waals surface area contributed by atoms with E-state index in [9.17, 15) is 0 Å². The molecule has 124 valence electrons. The lowest BCUT2D eigenvalue weighted by Gasteiger charge is -2.35. The van der Waals surface area contributed by atoms with Crippen molar-refractivity contribution >= 4 is 28.4 Å². The monoisotopic (exact) mass is 337 g/mol. The van der Waals surface area contributed by atoms with Crippen LogP contribution in [0.5, 0.6) is 0 Å². The molecule has 1 N–H and O–H groups in total. The number of nitrogens with zero attached hydrogens (tertiary/aromatic N) is 2. The van der Waals surface area contributed by atoms with Crippen LogP contribution in [0.1, 0.15) is 5.56 Å². The Bertz CT molecular complexity index is 847.